The van der Waals surface area contributed by atoms with E-state index in [1.165, 1.54) is 17.0 Å². The van der Waals surface area contributed by atoms with Crippen LogP contribution >= 0.6 is 11.6 Å². The van der Waals surface area contributed by atoms with Crippen LogP contribution < -0.4 is 10.9 Å². The highest BCUT2D eigenvalue weighted by atomic mass is 35.5. The van der Waals surface area contributed by atoms with Gasteiger partial charge in [-0.05, 0) is 24.3 Å². The van der Waals surface area contributed by atoms with Crippen molar-refractivity contribution in [3.05, 3.63) is 82.1 Å². The molecule has 3 aromatic rings. The van der Waals surface area contributed by atoms with Crippen molar-refractivity contribution in [2.75, 3.05) is 0 Å². The quantitative estimate of drug-likeness (QED) is 0.762. The van der Waals surface area contributed by atoms with E-state index in [1.54, 1.807) is 36.5 Å². The molecule has 0 spiro atoms. The molecule has 7 heteroatoms. The number of halogens is 1. The lowest BCUT2D eigenvalue weighted by molar-refractivity contribution is -0.121. The van der Waals surface area contributed by atoms with Gasteiger partial charge in [-0.15, -0.1) is 0 Å². The molecule has 0 aliphatic heterocycles. The molecule has 0 atom stereocenters. The number of nitrogens with one attached hydrogen (secondary N) is 1. The van der Waals surface area contributed by atoms with Gasteiger partial charge in [-0.25, -0.2) is 4.98 Å². The van der Waals surface area contributed by atoms with E-state index in [1.807, 2.05) is 12.1 Å². The van der Waals surface area contributed by atoms with Crippen LogP contribution in [0.1, 0.15) is 5.69 Å². The summed E-state index contributed by atoms with van der Waals surface area (Å²) < 4.78 is 1.26. The second-order valence-electron chi connectivity index (χ2n) is 5.34. The van der Waals surface area contributed by atoms with Crippen molar-refractivity contribution in [2.24, 2.45) is 0 Å². The molecular weight excluding hydrogens is 340 g/mol. The summed E-state index contributed by atoms with van der Waals surface area (Å²) in [5.41, 5.74) is 1.77. The number of benzene rings is 1. The number of hydrogen-bond acceptors (Lipinski definition) is 4. The van der Waals surface area contributed by atoms with Crippen LogP contribution in [0.4, 0.5) is 0 Å². The van der Waals surface area contributed by atoms with Crippen LogP contribution in [0.5, 0.6) is 0 Å². The van der Waals surface area contributed by atoms with Gasteiger partial charge >= 0.3 is 0 Å². The van der Waals surface area contributed by atoms with Crippen LogP contribution in [-0.2, 0) is 17.9 Å². The summed E-state index contributed by atoms with van der Waals surface area (Å²) in [4.78, 5) is 32.5. The molecule has 1 amide bonds. The molecule has 2 aromatic heterocycles. The average molecular weight is 355 g/mol. The van der Waals surface area contributed by atoms with E-state index in [0.717, 1.165) is 11.3 Å². The molecule has 0 unspecified atom stereocenters. The minimum Gasteiger partial charge on any atom is -0.349 e. The van der Waals surface area contributed by atoms with Gasteiger partial charge in [-0.3, -0.25) is 19.1 Å². The summed E-state index contributed by atoms with van der Waals surface area (Å²) >= 11 is 5.85. The molecule has 0 aliphatic carbocycles. The Morgan fingerprint density at radius 2 is 1.92 bits per heavy atom. The van der Waals surface area contributed by atoms with Crippen molar-refractivity contribution in [1.82, 2.24) is 19.9 Å². The number of pyridine rings is 1. The number of nitrogens with zero attached hydrogens (tertiary/aromatic N) is 3. The molecule has 126 valence electrons. The van der Waals surface area contributed by atoms with Crippen LogP contribution in [0, 0.1) is 0 Å². The van der Waals surface area contributed by atoms with Gasteiger partial charge in [0.25, 0.3) is 5.56 Å². The summed E-state index contributed by atoms with van der Waals surface area (Å²) in [6.07, 6.45) is 3.03. The Hall–Kier alpha value is -2.99. The van der Waals surface area contributed by atoms with Gasteiger partial charge in [0.2, 0.25) is 5.91 Å². The lowest BCUT2D eigenvalue weighted by Gasteiger charge is -2.08. The Morgan fingerprint density at radius 1 is 1.12 bits per heavy atom. The number of rotatable bonds is 5. The summed E-state index contributed by atoms with van der Waals surface area (Å²) in [6, 6.07) is 13.9. The minimum atomic E-state index is -0.298. The van der Waals surface area contributed by atoms with Gasteiger partial charge < -0.3 is 5.32 Å². The Bertz CT molecular complexity index is 924. The Balaban J connectivity index is 1.66. The Morgan fingerprint density at radius 3 is 2.60 bits per heavy atom. The molecule has 25 heavy (non-hydrogen) atoms. The van der Waals surface area contributed by atoms with E-state index in [4.69, 9.17) is 11.6 Å². The third-order valence-corrected chi connectivity index (χ3v) is 3.78. The van der Waals surface area contributed by atoms with Crippen molar-refractivity contribution in [3.63, 3.8) is 0 Å². The third kappa shape index (κ3) is 4.51. The summed E-state index contributed by atoms with van der Waals surface area (Å²) in [5, 5.41) is 3.34. The highest BCUT2D eigenvalue weighted by Gasteiger charge is 2.07. The van der Waals surface area contributed by atoms with Gasteiger partial charge in [0, 0.05) is 22.8 Å². The first kappa shape index (κ1) is 16.9. The van der Waals surface area contributed by atoms with Crippen LogP contribution in [0.3, 0.4) is 0 Å². The first-order chi connectivity index (χ1) is 12.1. The molecule has 6 nitrogen and oxygen atoms in total. The van der Waals surface area contributed by atoms with E-state index in [2.05, 4.69) is 15.3 Å². The van der Waals surface area contributed by atoms with Crippen LogP contribution in [0.2, 0.25) is 5.02 Å². The zero-order chi connectivity index (χ0) is 17.6. The maximum Gasteiger partial charge on any atom is 0.254 e. The number of amides is 1. The standard InChI is InChI=1S/C18H15ClN4O2/c19-14-6-4-13(5-7-14)16-9-18(25)23(12-22-16)11-17(24)21-10-15-3-1-2-8-20-15/h1-9,12H,10-11H2,(H,21,24). The second kappa shape index (κ2) is 7.72. The van der Waals surface area contributed by atoms with Gasteiger partial charge in [0.05, 0.1) is 24.3 Å². The molecule has 0 saturated heterocycles. The molecule has 1 N–H and O–H groups in total. The molecule has 1 aromatic carbocycles. The van der Waals surface area contributed by atoms with Crippen molar-refractivity contribution in [3.8, 4) is 11.3 Å². The second-order valence-corrected chi connectivity index (χ2v) is 5.78. The van der Waals surface area contributed by atoms with Crippen molar-refractivity contribution < 1.29 is 4.79 Å². The lowest BCUT2D eigenvalue weighted by Crippen LogP contribution is -2.32. The average Bonchev–Trinajstić information content (AvgIpc) is 2.63. The normalized spacial score (nSPS) is 10.4. The van der Waals surface area contributed by atoms with E-state index in [-0.39, 0.29) is 18.0 Å². The first-order valence-electron chi connectivity index (χ1n) is 7.61. The summed E-state index contributed by atoms with van der Waals surface area (Å²) in [6.45, 7) is 0.213. The summed E-state index contributed by atoms with van der Waals surface area (Å²) in [7, 11) is 0. The molecule has 3 rings (SSSR count). The Kier molecular flexibility index (Phi) is 5.20. The predicted octanol–water partition coefficient (Wildman–Crippen LogP) is 2.28. The van der Waals surface area contributed by atoms with Crippen LogP contribution in [0.15, 0.2) is 65.8 Å². The summed E-state index contributed by atoms with van der Waals surface area (Å²) in [5.74, 6) is -0.284. The zero-order valence-corrected chi connectivity index (χ0v) is 14.0. The predicted molar refractivity (Wildman–Crippen MR) is 95.0 cm³/mol. The van der Waals surface area contributed by atoms with E-state index >= 15 is 0 Å². The van der Waals surface area contributed by atoms with Crippen LogP contribution in [0.25, 0.3) is 11.3 Å². The number of carbonyl (C=O) groups is 1. The fourth-order valence-electron chi connectivity index (χ4n) is 2.23. The molecule has 0 fully saturated rings. The maximum absolute atomic E-state index is 12.2. The lowest BCUT2D eigenvalue weighted by atomic mass is 10.1. The highest BCUT2D eigenvalue weighted by molar-refractivity contribution is 6.30. The smallest absolute Gasteiger partial charge is 0.254 e. The first-order valence-corrected chi connectivity index (χ1v) is 7.98. The van der Waals surface area contributed by atoms with Gasteiger partial charge in [0.1, 0.15) is 6.54 Å². The molecule has 0 saturated carbocycles. The van der Waals surface area contributed by atoms with Crippen molar-refractivity contribution >= 4 is 17.5 Å². The fourth-order valence-corrected chi connectivity index (χ4v) is 2.35. The largest absolute Gasteiger partial charge is 0.349 e. The van der Waals surface area contributed by atoms with Crippen molar-refractivity contribution in [2.45, 2.75) is 13.1 Å². The molecule has 0 aliphatic rings. The van der Waals surface area contributed by atoms with E-state index in [9.17, 15) is 9.59 Å². The van der Waals surface area contributed by atoms with Crippen LogP contribution in [-0.4, -0.2) is 20.4 Å². The van der Waals surface area contributed by atoms with E-state index in [0.29, 0.717) is 17.3 Å². The zero-order valence-electron chi connectivity index (χ0n) is 13.2. The number of carbonyl (C=O) groups excluding carboxylic acids is 1. The topological polar surface area (TPSA) is 76.9 Å². The van der Waals surface area contributed by atoms with Gasteiger partial charge in [-0.1, -0.05) is 29.8 Å². The maximum atomic E-state index is 12.2. The van der Waals surface area contributed by atoms with Crippen molar-refractivity contribution in [1.29, 1.82) is 0 Å². The van der Waals surface area contributed by atoms with Gasteiger partial charge in [-0.2, -0.15) is 0 Å². The van der Waals surface area contributed by atoms with Gasteiger partial charge in [0.15, 0.2) is 0 Å². The molecule has 0 radical (unpaired) electrons. The fraction of sp³-hybridized carbons (Fsp3) is 0.111. The number of hydrogen-bond donors (Lipinski definition) is 1. The third-order valence-electron chi connectivity index (χ3n) is 3.53. The minimum absolute atomic E-state index is 0.0977. The SMILES string of the molecule is O=C(Cn1cnc(-c2ccc(Cl)cc2)cc1=O)NCc1ccccn1. The monoisotopic (exact) mass is 354 g/mol. The molecular formula is C18H15ClN4O2. The molecule has 2 heterocycles. The highest BCUT2D eigenvalue weighted by Crippen LogP contribution is 2.17. The van der Waals surface area contributed by atoms with E-state index < -0.39 is 0 Å². The molecule has 0 bridgehead atoms. The number of aromatic nitrogens is 3. The Labute approximate surface area is 149 Å².